The van der Waals surface area contributed by atoms with Crippen molar-refractivity contribution in [2.45, 2.75) is 14.0 Å². The Morgan fingerprint density at radius 3 is 2.35 bits per heavy atom. The Labute approximate surface area is 158 Å². The number of thiophene rings is 1. The number of carbonyl (C=O) groups is 1. The molecule has 1 aromatic heterocycles. The van der Waals surface area contributed by atoms with Crippen molar-refractivity contribution in [3.63, 3.8) is 0 Å². The average molecular weight is 407 g/mol. The molecule has 0 amide bonds. The fraction of sp³-hybridized carbons (Fsp3) is 0.0556. The minimum absolute atomic E-state index is 0.0450. The van der Waals surface area contributed by atoms with Crippen LogP contribution in [-0.4, -0.2) is 30.9 Å². The lowest BCUT2D eigenvalue weighted by Crippen LogP contribution is -2.02. The average Bonchev–Trinajstić information content (AvgIpc) is 3.07. The first-order chi connectivity index (χ1) is 12.3. The van der Waals surface area contributed by atoms with Crippen molar-refractivity contribution in [2.24, 2.45) is 0 Å². The van der Waals surface area contributed by atoms with E-state index in [9.17, 15) is 18.3 Å². The van der Waals surface area contributed by atoms with Gasteiger partial charge in [0.05, 0.1) is 14.0 Å². The summed E-state index contributed by atoms with van der Waals surface area (Å²) in [4.78, 5) is 11.0. The standard InChI is InChI=1S/C18H14O5S3/c1-24-18-16(10-15(25-18)17(20)21)26(22,23)14-8-12(7-13(19)9-14)11-5-3-2-4-6-11/h2-10,19H,1H3,(H,20,21). The van der Waals surface area contributed by atoms with Crippen molar-refractivity contribution in [1.29, 1.82) is 0 Å². The molecule has 0 spiro atoms. The third-order valence-corrected chi connectivity index (χ3v) is 7.93. The van der Waals surface area contributed by atoms with E-state index in [1.165, 1.54) is 36.0 Å². The van der Waals surface area contributed by atoms with Gasteiger partial charge in [0.25, 0.3) is 0 Å². The zero-order valence-electron chi connectivity index (χ0n) is 13.5. The van der Waals surface area contributed by atoms with Crippen LogP contribution in [0.25, 0.3) is 11.1 Å². The molecule has 3 aromatic rings. The summed E-state index contributed by atoms with van der Waals surface area (Å²) in [6.07, 6.45) is 1.69. The number of rotatable bonds is 5. The van der Waals surface area contributed by atoms with Crippen LogP contribution in [0.3, 0.4) is 0 Å². The lowest BCUT2D eigenvalue weighted by atomic mass is 10.1. The summed E-state index contributed by atoms with van der Waals surface area (Å²) >= 11 is 2.09. The molecule has 0 saturated heterocycles. The van der Waals surface area contributed by atoms with Crippen LogP contribution in [0.1, 0.15) is 9.67 Å². The highest BCUT2D eigenvalue weighted by Gasteiger charge is 2.26. The minimum Gasteiger partial charge on any atom is -0.508 e. The maximum Gasteiger partial charge on any atom is 0.345 e. The van der Waals surface area contributed by atoms with Crippen molar-refractivity contribution in [1.82, 2.24) is 0 Å². The van der Waals surface area contributed by atoms with Gasteiger partial charge in [0.2, 0.25) is 9.84 Å². The molecule has 1 heterocycles. The van der Waals surface area contributed by atoms with Crippen LogP contribution in [0.2, 0.25) is 0 Å². The molecule has 134 valence electrons. The number of phenols is 1. The van der Waals surface area contributed by atoms with E-state index in [2.05, 4.69) is 0 Å². The van der Waals surface area contributed by atoms with Crippen LogP contribution in [0.15, 0.2) is 68.6 Å². The van der Waals surface area contributed by atoms with Crippen LogP contribution in [0.4, 0.5) is 0 Å². The second-order valence-corrected chi connectivity index (χ2v) is 9.40. The largest absolute Gasteiger partial charge is 0.508 e. The molecular formula is C18H14O5S3. The molecule has 2 aromatic carbocycles. The van der Waals surface area contributed by atoms with Crippen molar-refractivity contribution in [3.05, 3.63) is 59.5 Å². The molecule has 8 heteroatoms. The summed E-state index contributed by atoms with van der Waals surface area (Å²) in [5, 5.41) is 19.2. The fourth-order valence-electron chi connectivity index (χ4n) is 2.46. The highest BCUT2D eigenvalue weighted by Crippen LogP contribution is 2.38. The zero-order valence-corrected chi connectivity index (χ0v) is 16.0. The van der Waals surface area contributed by atoms with Gasteiger partial charge < -0.3 is 10.2 Å². The Morgan fingerprint density at radius 1 is 1.04 bits per heavy atom. The predicted octanol–water partition coefficient (Wildman–Crippen LogP) is 4.37. The first kappa shape index (κ1) is 18.5. The SMILES string of the molecule is CSc1sc(C(=O)O)cc1S(=O)(=O)c1cc(O)cc(-c2ccccc2)c1. The van der Waals surface area contributed by atoms with Gasteiger partial charge in [0, 0.05) is 0 Å². The molecule has 0 unspecified atom stereocenters. The van der Waals surface area contributed by atoms with Crippen molar-refractivity contribution in [2.75, 3.05) is 6.26 Å². The normalized spacial score (nSPS) is 11.4. The van der Waals surface area contributed by atoms with Crippen LogP contribution in [0.5, 0.6) is 5.75 Å². The molecule has 0 saturated carbocycles. The van der Waals surface area contributed by atoms with Crippen LogP contribution >= 0.6 is 23.1 Å². The Bertz CT molecular complexity index is 1070. The molecule has 2 N–H and O–H groups in total. The molecule has 26 heavy (non-hydrogen) atoms. The van der Waals surface area contributed by atoms with Gasteiger partial charge in [0.1, 0.15) is 10.6 Å². The van der Waals surface area contributed by atoms with Crippen LogP contribution in [-0.2, 0) is 9.84 Å². The predicted molar refractivity (Wildman–Crippen MR) is 102 cm³/mol. The van der Waals surface area contributed by atoms with E-state index < -0.39 is 15.8 Å². The fourth-order valence-corrected chi connectivity index (χ4v) is 6.35. The highest BCUT2D eigenvalue weighted by atomic mass is 32.2. The zero-order chi connectivity index (χ0) is 18.9. The lowest BCUT2D eigenvalue weighted by molar-refractivity contribution is 0.0702. The maximum absolute atomic E-state index is 13.1. The number of thioether (sulfide) groups is 1. The van der Waals surface area contributed by atoms with Crippen LogP contribution < -0.4 is 0 Å². The van der Waals surface area contributed by atoms with Gasteiger partial charge in [-0.3, -0.25) is 0 Å². The van der Waals surface area contributed by atoms with Crippen molar-refractivity contribution >= 4 is 38.9 Å². The first-order valence-electron chi connectivity index (χ1n) is 7.38. The molecule has 0 aliphatic rings. The number of aromatic carboxylic acids is 1. The summed E-state index contributed by atoms with van der Waals surface area (Å²) < 4.78 is 26.5. The summed E-state index contributed by atoms with van der Waals surface area (Å²) in [5.41, 5.74) is 1.32. The van der Waals surface area contributed by atoms with Gasteiger partial charge in [-0.2, -0.15) is 0 Å². The van der Waals surface area contributed by atoms with E-state index in [0.29, 0.717) is 9.77 Å². The molecular weight excluding hydrogens is 392 g/mol. The van der Waals surface area contributed by atoms with E-state index in [0.717, 1.165) is 16.9 Å². The monoisotopic (exact) mass is 406 g/mol. The Balaban J connectivity index is 2.17. The molecule has 5 nitrogen and oxygen atoms in total. The van der Waals surface area contributed by atoms with Crippen molar-refractivity contribution in [3.8, 4) is 16.9 Å². The number of carboxylic acids is 1. The summed E-state index contributed by atoms with van der Waals surface area (Å²) in [7, 11) is -3.98. The maximum atomic E-state index is 13.1. The van der Waals surface area contributed by atoms with E-state index in [-0.39, 0.29) is 20.4 Å². The van der Waals surface area contributed by atoms with Gasteiger partial charge in [0.15, 0.2) is 0 Å². The Kier molecular flexibility index (Phi) is 5.08. The summed E-state index contributed by atoms with van der Waals surface area (Å²) in [5.74, 6) is -1.35. The van der Waals surface area contributed by atoms with Crippen molar-refractivity contribution < 1.29 is 23.4 Å². The number of hydrogen-bond acceptors (Lipinski definition) is 6. The molecule has 0 fully saturated rings. The minimum atomic E-state index is -3.98. The summed E-state index contributed by atoms with van der Waals surface area (Å²) in [6, 6.07) is 14.4. The van der Waals surface area contributed by atoms with Gasteiger partial charge in [-0.25, -0.2) is 13.2 Å². The number of carboxylic acid groups (broad SMARTS) is 1. The van der Waals surface area contributed by atoms with Gasteiger partial charge >= 0.3 is 5.97 Å². The Hall–Kier alpha value is -2.29. The second kappa shape index (κ2) is 7.14. The topological polar surface area (TPSA) is 91.7 Å². The first-order valence-corrected chi connectivity index (χ1v) is 10.9. The van der Waals surface area contributed by atoms with E-state index in [1.54, 1.807) is 6.26 Å². The molecule has 0 atom stereocenters. The van der Waals surface area contributed by atoms with Crippen LogP contribution in [0, 0.1) is 0 Å². The number of sulfone groups is 1. The Morgan fingerprint density at radius 2 is 1.73 bits per heavy atom. The van der Waals surface area contributed by atoms with E-state index in [1.807, 2.05) is 30.3 Å². The molecule has 0 aliphatic heterocycles. The van der Waals surface area contributed by atoms with Gasteiger partial charge in [-0.05, 0) is 41.6 Å². The second-order valence-electron chi connectivity index (χ2n) is 5.36. The van der Waals surface area contributed by atoms with Gasteiger partial charge in [-0.15, -0.1) is 23.1 Å². The third kappa shape index (κ3) is 3.48. The lowest BCUT2D eigenvalue weighted by Gasteiger charge is -2.09. The quantitative estimate of drug-likeness (QED) is 0.611. The molecule has 0 bridgehead atoms. The summed E-state index contributed by atoms with van der Waals surface area (Å²) in [6.45, 7) is 0. The number of aromatic hydroxyl groups is 1. The van der Waals surface area contributed by atoms with E-state index >= 15 is 0 Å². The molecule has 3 rings (SSSR count). The van der Waals surface area contributed by atoms with E-state index in [4.69, 9.17) is 5.11 Å². The number of phenolic OH excluding ortho intramolecular Hbond substituents is 1. The van der Waals surface area contributed by atoms with Gasteiger partial charge in [-0.1, -0.05) is 30.3 Å². The highest BCUT2D eigenvalue weighted by molar-refractivity contribution is 8.01. The molecule has 0 aliphatic carbocycles. The number of hydrogen-bond donors (Lipinski definition) is 2. The molecule has 0 radical (unpaired) electrons. The smallest absolute Gasteiger partial charge is 0.345 e. The number of benzene rings is 2. The third-order valence-electron chi connectivity index (χ3n) is 3.66.